The fourth-order valence-electron chi connectivity index (χ4n) is 8.20. The van der Waals surface area contributed by atoms with Crippen LogP contribution in [-0.2, 0) is 32.4 Å². The Morgan fingerprint density at radius 1 is 0.746 bits per heavy atom. The number of halogens is 2. The van der Waals surface area contributed by atoms with Crippen molar-refractivity contribution in [3.63, 3.8) is 0 Å². The maximum atomic E-state index is 15.2. The van der Waals surface area contributed by atoms with E-state index >= 15 is 8.78 Å². The maximum Gasteiger partial charge on any atom is 0.274 e. The molecule has 5 aromatic carbocycles. The van der Waals surface area contributed by atoms with E-state index in [1.54, 1.807) is 36.4 Å². The van der Waals surface area contributed by atoms with E-state index in [1.165, 1.54) is 39.2 Å². The number of benzene rings is 5. The van der Waals surface area contributed by atoms with E-state index in [-0.39, 0.29) is 37.5 Å². The Morgan fingerprint density at radius 2 is 1.40 bits per heavy atom. The number of para-hydroxylation sites is 2. The number of pyridine rings is 1. The van der Waals surface area contributed by atoms with Crippen molar-refractivity contribution in [2.24, 2.45) is 11.8 Å². The Balaban J connectivity index is 0.000000265. The van der Waals surface area contributed by atoms with Crippen LogP contribution in [0.25, 0.3) is 60.6 Å². The molecular weight excluding hydrogens is 1040 g/mol. The van der Waals surface area contributed by atoms with Gasteiger partial charge in [-0.15, -0.1) is 5.39 Å². The Morgan fingerprint density at radius 3 is 2.00 bits per heavy atom. The molecule has 0 bridgehead atoms. The molecule has 0 unspecified atom stereocenters. The maximum absolute atomic E-state index is 15.2. The van der Waals surface area contributed by atoms with Gasteiger partial charge >= 0.3 is 126 Å². The second-order valence-corrected chi connectivity index (χ2v) is 30.3. The number of thiophene rings is 1. The third kappa shape index (κ3) is 10.3. The van der Waals surface area contributed by atoms with Gasteiger partial charge in [-0.25, -0.2) is 8.78 Å². The van der Waals surface area contributed by atoms with E-state index in [1.807, 2.05) is 42.5 Å². The molecule has 0 spiro atoms. The molecule has 8 rings (SSSR count). The zero-order chi connectivity index (χ0) is 44.5. The molecule has 3 aromatic heterocycles. The predicted octanol–water partition coefficient (Wildman–Crippen LogP) is 15.7. The van der Waals surface area contributed by atoms with Gasteiger partial charge in [0.1, 0.15) is 0 Å². The number of hydrogen-bond donors (Lipinski definition) is 0. The number of alkyl halides is 2. The molecule has 63 heavy (non-hydrogen) atoms. The third-order valence-corrected chi connectivity index (χ3v) is 16.8. The fourth-order valence-corrected chi connectivity index (χ4v) is 12.4. The fraction of sp³-hybridized carbons (Fsp3) is 0.309. The molecule has 0 aliphatic rings. The molecule has 8 aromatic rings. The Bertz CT molecular complexity index is 2770. The number of fused-ring (bicyclic) bond motifs is 2. The summed E-state index contributed by atoms with van der Waals surface area (Å²) in [5.74, 6) is 5.44. The van der Waals surface area contributed by atoms with Crippen LogP contribution >= 0.6 is 11.3 Å². The van der Waals surface area contributed by atoms with Crippen molar-refractivity contribution in [3.05, 3.63) is 155 Å². The van der Waals surface area contributed by atoms with E-state index in [0.29, 0.717) is 5.92 Å². The molecule has 0 saturated carbocycles. The van der Waals surface area contributed by atoms with Gasteiger partial charge in [0.2, 0.25) is 0 Å². The van der Waals surface area contributed by atoms with Crippen LogP contribution in [0, 0.1) is 23.3 Å². The molecule has 0 saturated heterocycles. The molecule has 0 atom stereocenters. The van der Waals surface area contributed by atoms with E-state index in [0.717, 1.165) is 55.9 Å². The second-order valence-electron chi connectivity index (χ2n) is 18.9. The average molecular weight is 1100 g/mol. The van der Waals surface area contributed by atoms with Gasteiger partial charge in [0.15, 0.2) is 0 Å². The van der Waals surface area contributed by atoms with Crippen molar-refractivity contribution >= 4 is 50.1 Å². The quantitative estimate of drug-likeness (QED) is 0.0955. The van der Waals surface area contributed by atoms with E-state index in [4.69, 9.17) is 9.97 Å². The van der Waals surface area contributed by atoms with Crippen LogP contribution in [0.2, 0.25) is 17.3 Å². The normalized spacial score (nSPS) is 12.1. The van der Waals surface area contributed by atoms with Gasteiger partial charge in [0, 0.05) is 37.3 Å². The van der Waals surface area contributed by atoms with Crippen molar-refractivity contribution < 1.29 is 28.9 Å². The summed E-state index contributed by atoms with van der Waals surface area (Å²) in [6, 6.07) is 41.9. The van der Waals surface area contributed by atoms with Crippen molar-refractivity contribution in [2.75, 3.05) is 0 Å². The van der Waals surface area contributed by atoms with E-state index in [9.17, 15) is 0 Å². The van der Waals surface area contributed by atoms with Gasteiger partial charge in [-0.05, 0) is 58.4 Å². The van der Waals surface area contributed by atoms with Crippen LogP contribution in [0.15, 0.2) is 121 Å². The molecular formula is C55H59F2GeIrN3S-2. The molecule has 0 fully saturated rings. The van der Waals surface area contributed by atoms with Gasteiger partial charge in [-0.2, -0.15) is 0 Å². The van der Waals surface area contributed by atoms with Crippen molar-refractivity contribution in [3.8, 4) is 39.5 Å². The smallest absolute Gasteiger partial charge is 0.274 e. The summed E-state index contributed by atoms with van der Waals surface area (Å²) < 4.78 is 35.1. The minimum Gasteiger partial charge on any atom is -0.333 e. The van der Waals surface area contributed by atoms with E-state index < -0.39 is 25.1 Å². The van der Waals surface area contributed by atoms with Gasteiger partial charge in [-0.3, -0.25) is 16.3 Å². The monoisotopic (exact) mass is 1100 g/mol. The van der Waals surface area contributed by atoms with Gasteiger partial charge in [0.05, 0.1) is 16.9 Å². The number of nitrogens with zero attached hydrogens (tertiary/aromatic N) is 3. The molecule has 329 valence electrons. The molecule has 0 aliphatic heterocycles. The summed E-state index contributed by atoms with van der Waals surface area (Å²) in [4.78, 5) is 9.84. The van der Waals surface area contributed by atoms with Gasteiger partial charge < -0.3 is 4.57 Å². The van der Waals surface area contributed by atoms with Crippen LogP contribution in [0.1, 0.15) is 89.5 Å². The molecule has 3 heterocycles. The first kappa shape index (κ1) is 48.2. The topological polar surface area (TPSA) is 30.7 Å². The Labute approximate surface area is 394 Å². The third-order valence-electron chi connectivity index (χ3n) is 11.6. The first-order valence-electron chi connectivity index (χ1n) is 22.0. The largest absolute Gasteiger partial charge is 0.333 e. The van der Waals surface area contributed by atoms with Crippen LogP contribution in [0.5, 0.6) is 0 Å². The van der Waals surface area contributed by atoms with Crippen molar-refractivity contribution in [2.45, 2.75) is 96.8 Å². The minimum absolute atomic E-state index is 0. The summed E-state index contributed by atoms with van der Waals surface area (Å²) in [5, 5.41) is 4.21. The number of rotatable bonds is 11. The van der Waals surface area contributed by atoms with Crippen LogP contribution in [0.3, 0.4) is 0 Å². The number of aromatic nitrogens is 3. The molecule has 0 amide bonds. The first-order chi connectivity index (χ1) is 29.4. The molecule has 3 nitrogen and oxygen atoms in total. The van der Waals surface area contributed by atoms with Gasteiger partial charge in [0.25, 0.3) is 5.92 Å². The standard InChI is InChI=1S/C37H35F2N2S.C18H24GeN.Ir/c1-22(2)28-18-26(25-12-8-7-9-13-25)19-29(23(3)4)35(28)41-33-15-11-10-14-32(33)40-36(41)31-21-42-34-17-16-27(20-30(31)34)37(38,39)24(5)6;1-14(2)11-16-12-18(15-9-7-6-8-10-15)20-13-17(16)19(3,4)5;/h7-20,22-24H,1-6H3;6-9,12-14H,11H2,1-5H3;/q2*-1;. The average Bonchev–Trinajstić information content (AvgIpc) is 3.84. The zero-order valence-corrected chi connectivity index (χ0v) is 43.7. The van der Waals surface area contributed by atoms with Crippen molar-refractivity contribution in [1.29, 1.82) is 0 Å². The first-order valence-corrected chi connectivity index (χ1v) is 30.1. The minimum atomic E-state index is -2.93. The molecule has 0 aliphatic carbocycles. The summed E-state index contributed by atoms with van der Waals surface area (Å²) in [6.07, 6.45) is 3.27. The molecule has 8 heteroatoms. The predicted molar refractivity (Wildman–Crippen MR) is 263 cm³/mol. The Kier molecular flexibility index (Phi) is 15.2. The van der Waals surface area contributed by atoms with E-state index in [2.05, 4.69) is 136 Å². The SMILES string of the molecule is CC(C)Cc1cc(-c2[c-]cccc2)nc[c]1[Ge]([CH3])([CH3])[CH3].CC(C)c1cc(-c2ccccc2)cc(C(C)C)c1-n1c(-c2[c-]sc3ccc(C(F)(F)C(C)C)cc23)nc2ccccc21.[Ir]. The van der Waals surface area contributed by atoms with Crippen LogP contribution in [-0.4, -0.2) is 27.8 Å². The summed E-state index contributed by atoms with van der Waals surface area (Å²) in [6.45, 7) is 16.6. The van der Waals surface area contributed by atoms with Crippen molar-refractivity contribution in [1.82, 2.24) is 14.5 Å². The second kappa shape index (κ2) is 19.9. The summed E-state index contributed by atoms with van der Waals surface area (Å²) in [7, 11) is 0. The zero-order valence-electron chi connectivity index (χ0n) is 38.4. The van der Waals surface area contributed by atoms with Crippen LogP contribution in [0.4, 0.5) is 8.78 Å². The number of hydrogen-bond acceptors (Lipinski definition) is 3. The summed E-state index contributed by atoms with van der Waals surface area (Å²) in [5.41, 5.74) is 12.2. The Hall–Kier alpha value is -4.27. The number of imidazole rings is 1. The molecule has 1 radical (unpaired) electrons. The van der Waals surface area contributed by atoms with Crippen LogP contribution < -0.4 is 4.40 Å². The van der Waals surface area contributed by atoms with Gasteiger partial charge in [-0.1, -0.05) is 118 Å². The molecule has 0 N–H and O–H groups in total. The summed E-state index contributed by atoms with van der Waals surface area (Å²) >= 11 is -0.410.